The van der Waals surface area contributed by atoms with Gasteiger partial charge in [-0.1, -0.05) is 20.1 Å². The van der Waals surface area contributed by atoms with Crippen LogP contribution in [-0.2, 0) is 23.9 Å². The SMILES string of the molecule is C=C(CC(CC(=C)C(=O)OCC)C(=O)CCC)C(=O)OC. The highest BCUT2D eigenvalue weighted by Crippen LogP contribution is 2.22. The van der Waals surface area contributed by atoms with Gasteiger partial charge in [0, 0.05) is 23.5 Å². The number of methoxy groups -OCH3 is 1. The molecule has 0 fully saturated rings. The third-order valence-electron chi connectivity index (χ3n) is 2.98. The molecular formula is C16H24O5. The van der Waals surface area contributed by atoms with Crippen LogP contribution in [0.25, 0.3) is 0 Å². The normalized spacial score (nSPS) is 11.4. The fourth-order valence-electron chi connectivity index (χ4n) is 1.89. The Balaban J connectivity index is 4.86. The molecule has 5 nitrogen and oxygen atoms in total. The summed E-state index contributed by atoms with van der Waals surface area (Å²) in [6, 6.07) is 0. The minimum absolute atomic E-state index is 0.0204. The zero-order valence-electron chi connectivity index (χ0n) is 13.1. The van der Waals surface area contributed by atoms with Crippen molar-refractivity contribution in [3.8, 4) is 0 Å². The number of Topliss-reactive ketones (excluding diaryl/α,β-unsaturated/α-hetero) is 1. The van der Waals surface area contributed by atoms with E-state index >= 15 is 0 Å². The van der Waals surface area contributed by atoms with Crippen LogP contribution in [0.15, 0.2) is 24.3 Å². The first kappa shape index (κ1) is 19.1. The summed E-state index contributed by atoms with van der Waals surface area (Å²) in [5.41, 5.74) is 0.438. The number of hydrogen-bond donors (Lipinski definition) is 0. The Bertz CT molecular complexity index is 422. The van der Waals surface area contributed by atoms with Crippen LogP contribution in [0.1, 0.15) is 39.5 Å². The van der Waals surface area contributed by atoms with Crippen molar-refractivity contribution < 1.29 is 23.9 Å². The van der Waals surface area contributed by atoms with Gasteiger partial charge in [0.1, 0.15) is 5.78 Å². The molecule has 0 aliphatic carbocycles. The van der Waals surface area contributed by atoms with Crippen molar-refractivity contribution >= 4 is 17.7 Å². The van der Waals surface area contributed by atoms with Crippen LogP contribution < -0.4 is 0 Å². The molecule has 1 atom stereocenters. The van der Waals surface area contributed by atoms with E-state index in [-0.39, 0.29) is 36.4 Å². The highest BCUT2D eigenvalue weighted by molar-refractivity contribution is 5.92. The van der Waals surface area contributed by atoms with Gasteiger partial charge in [-0.25, -0.2) is 9.59 Å². The van der Waals surface area contributed by atoms with E-state index in [0.717, 1.165) is 0 Å². The van der Waals surface area contributed by atoms with Crippen LogP contribution in [0.5, 0.6) is 0 Å². The van der Waals surface area contributed by atoms with Crippen LogP contribution in [0.4, 0.5) is 0 Å². The highest BCUT2D eigenvalue weighted by Gasteiger charge is 2.24. The molecule has 21 heavy (non-hydrogen) atoms. The maximum absolute atomic E-state index is 12.1. The Morgan fingerprint density at radius 3 is 1.95 bits per heavy atom. The minimum atomic E-state index is -0.550. The molecule has 5 heteroatoms. The number of carbonyl (C=O) groups is 3. The first-order chi connectivity index (χ1) is 9.87. The lowest BCUT2D eigenvalue weighted by Crippen LogP contribution is -2.20. The van der Waals surface area contributed by atoms with Crippen molar-refractivity contribution in [2.75, 3.05) is 13.7 Å². The van der Waals surface area contributed by atoms with Crippen molar-refractivity contribution in [3.63, 3.8) is 0 Å². The average Bonchev–Trinajstić information content (AvgIpc) is 2.45. The lowest BCUT2D eigenvalue weighted by Gasteiger charge is -2.17. The van der Waals surface area contributed by atoms with E-state index in [1.807, 2.05) is 6.92 Å². The Labute approximate surface area is 126 Å². The molecule has 0 aromatic carbocycles. The maximum atomic E-state index is 12.1. The summed E-state index contributed by atoms with van der Waals surface area (Å²) in [6.07, 6.45) is 1.40. The molecule has 0 N–H and O–H groups in total. The Morgan fingerprint density at radius 2 is 1.52 bits per heavy atom. The fraction of sp³-hybridized carbons (Fsp3) is 0.562. The van der Waals surface area contributed by atoms with Gasteiger partial charge in [-0.15, -0.1) is 0 Å². The van der Waals surface area contributed by atoms with Gasteiger partial charge in [0.05, 0.1) is 13.7 Å². The van der Waals surface area contributed by atoms with Gasteiger partial charge < -0.3 is 9.47 Å². The molecule has 0 rings (SSSR count). The number of ether oxygens (including phenoxy) is 2. The van der Waals surface area contributed by atoms with Crippen molar-refractivity contribution in [2.24, 2.45) is 5.92 Å². The first-order valence-corrected chi connectivity index (χ1v) is 7.00. The highest BCUT2D eigenvalue weighted by atomic mass is 16.5. The van der Waals surface area contributed by atoms with E-state index in [2.05, 4.69) is 17.9 Å². The quantitative estimate of drug-likeness (QED) is 0.458. The topological polar surface area (TPSA) is 69.7 Å². The fourth-order valence-corrected chi connectivity index (χ4v) is 1.89. The summed E-state index contributed by atoms with van der Waals surface area (Å²) >= 11 is 0. The number of rotatable bonds is 10. The zero-order valence-corrected chi connectivity index (χ0v) is 13.1. The van der Waals surface area contributed by atoms with Gasteiger partial charge in [-0.3, -0.25) is 4.79 Å². The summed E-state index contributed by atoms with van der Waals surface area (Å²) in [6.45, 7) is 11.1. The van der Waals surface area contributed by atoms with Gasteiger partial charge in [0.15, 0.2) is 0 Å². The molecule has 1 unspecified atom stereocenters. The predicted octanol–water partition coefficient (Wildman–Crippen LogP) is 2.60. The smallest absolute Gasteiger partial charge is 0.333 e. The Kier molecular flexibility index (Phi) is 9.01. The summed E-state index contributed by atoms with van der Waals surface area (Å²) in [4.78, 5) is 35.1. The maximum Gasteiger partial charge on any atom is 0.333 e. The molecule has 0 amide bonds. The molecule has 0 spiro atoms. The second kappa shape index (κ2) is 9.91. The van der Waals surface area contributed by atoms with Crippen LogP contribution in [0.2, 0.25) is 0 Å². The van der Waals surface area contributed by atoms with Crippen LogP contribution in [0.3, 0.4) is 0 Å². The number of hydrogen-bond acceptors (Lipinski definition) is 5. The molecule has 0 aromatic rings. The number of esters is 2. The second-order valence-corrected chi connectivity index (χ2v) is 4.74. The van der Waals surface area contributed by atoms with Gasteiger partial charge in [0.2, 0.25) is 0 Å². The average molecular weight is 296 g/mol. The van der Waals surface area contributed by atoms with Crippen molar-refractivity contribution in [2.45, 2.75) is 39.5 Å². The standard InChI is InChI=1S/C16H24O5/c1-6-8-14(17)13(9-11(3)15(18)20-5)10-12(4)16(19)21-7-2/h13H,3-4,6-10H2,1-2,5H3. The third kappa shape index (κ3) is 6.88. The summed E-state index contributed by atoms with van der Waals surface area (Å²) in [7, 11) is 1.26. The lowest BCUT2D eigenvalue weighted by molar-refractivity contribution is -0.138. The molecule has 0 bridgehead atoms. The predicted molar refractivity (Wildman–Crippen MR) is 79.6 cm³/mol. The van der Waals surface area contributed by atoms with E-state index in [1.165, 1.54) is 7.11 Å². The zero-order chi connectivity index (χ0) is 16.4. The third-order valence-corrected chi connectivity index (χ3v) is 2.98. The molecule has 0 radical (unpaired) electrons. The van der Waals surface area contributed by atoms with E-state index < -0.39 is 17.9 Å². The van der Waals surface area contributed by atoms with Crippen molar-refractivity contribution in [1.82, 2.24) is 0 Å². The molecule has 0 heterocycles. The molecule has 0 saturated heterocycles. The monoisotopic (exact) mass is 296 g/mol. The molecule has 0 aliphatic rings. The largest absolute Gasteiger partial charge is 0.466 e. The number of ketones is 1. The van der Waals surface area contributed by atoms with Gasteiger partial charge >= 0.3 is 11.9 Å². The molecule has 118 valence electrons. The van der Waals surface area contributed by atoms with Gasteiger partial charge in [-0.2, -0.15) is 0 Å². The molecule has 0 aromatic heterocycles. The van der Waals surface area contributed by atoms with E-state index in [1.54, 1.807) is 6.92 Å². The Hall–Kier alpha value is -1.91. The van der Waals surface area contributed by atoms with E-state index in [4.69, 9.17) is 4.74 Å². The van der Waals surface area contributed by atoms with Crippen LogP contribution >= 0.6 is 0 Å². The summed E-state index contributed by atoms with van der Waals surface area (Å²) < 4.78 is 9.43. The van der Waals surface area contributed by atoms with Crippen LogP contribution in [0, 0.1) is 5.92 Å². The van der Waals surface area contributed by atoms with E-state index in [0.29, 0.717) is 12.8 Å². The molecule has 0 aliphatic heterocycles. The van der Waals surface area contributed by atoms with Gasteiger partial charge in [-0.05, 0) is 26.2 Å². The second-order valence-electron chi connectivity index (χ2n) is 4.74. The van der Waals surface area contributed by atoms with Crippen molar-refractivity contribution in [3.05, 3.63) is 24.3 Å². The van der Waals surface area contributed by atoms with Crippen LogP contribution in [-0.4, -0.2) is 31.4 Å². The molecule has 0 saturated carbocycles. The molecular weight excluding hydrogens is 272 g/mol. The van der Waals surface area contributed by atoms with Crippen molar-refractivity contribution in [1.29, 1.82) is 0 Å². The summed E-state index contributed by atoms with van der Waals surface area (Å²) in [5, 5.41) is 0. The first-order valence-electron chi connectivity index (χ1n) is 7.00. The minimum Gasteiger partial charge on any atom is -0.466 e. The number of carbonyl (C=O) groups excluding carboxylic acids is 3. The van der Waals surface area contributed by atoms with E-state index in [9.17, 15) is 14.4 Å². The lowest BCUT2D eigenvalue weighted by atomic mass is 9.88. The van der Waals surface area contributed by atoms with Gasteiger partial charge in [0.25, 0.3) is 0 Å². The Morgan fingerprint density at radius 1 is 1.00 bits per heavy atom. The summed E-state index contributed by atoms with van der Waals surface area (Å²) in [5.74, 6) is -1.59.